The highest BCUT2D eigenvalue weighted by Gasteiger charge is 2.25. The van der Waals surface area contributed by atoms with Gasteiger partial charge >= 0.3 is 0 Å². The first-order chi connectivity index (χ1) is 7.77. The molecule has 0 spiro atoms. The largest absolute Gasteiger partial charge is 0.391 e. The molecule has 86 valence electrons. The highest BCUT2D eigenvalue weighted by molar-refractivity contribution is 5.92. The standard InChI is InChI=1S/C11H15N3O2/c15-10-7-12-5-8(10)6-14-11(16)9-3-1-2-4-13-9/h1-4,8,10,12,15H,5-7H2,(H,14,16). The van der Waals surface area contributed by atoms with Gasteiger partial charge in [-0.3, -0.25) is 9.78 Å². The zero-order valence-corrected chi connectivity index (χ0v) is 8.89. The minimum absolute atomic E-state index is 0.0904. The predicted molar refractivity (Wildman–Crippen MR) is 58.9 cm³/mol. The van der Waals surface area contributed by atoms with Crippen molar-refractivity contribution in [1.29, 1.82) is 0 Å². The maximum Gasteiger partial charge on any atom is 0.269 e. The average Bonchev–Trinajstić information content (AvgIpc) is 2.73. The molecule has 2 rings (SSSR count). The predicted octanol–water partition coefficient (Wildman–Crippen LogP) is -0.608. The van der Waals surface area contributed by atoms with Crippen LogP contribution in [0.4, 0.5) is 0 Å². The summed E-state index contributed by atoms with van der Waals surface area (Å²) in [5, 5.41) is 15.4. The van der Waals surface area contributed by atoms with E-state index in [2.05, 4.69) is 15.6 Å². The second kappa shape index (κ2) is 5.05. The van der Waals surface area contributed by atoms with Gasteiger partial charge in [0, 0.05) is 31.7 Å². The molecule has 5 heteroatoms. The number of hydrogen-bond acceptors (Lipinski definition) is 4. The topological polar surface area (TPSA) is 74.2 Å². The molecule has 0 aliphatic carbocycles. The van der Waals surface area contributed by atoms with Crippen LogP contribution in [0.3, 0.4) is 0 Å². The lowest BCUT2D eigenvalue weighted by molar-refractivity contribution is 0.0922. The van der Waals surface area contributed by atoms with Crippen molar-refractivity contribution < 1.29 is 9.90 Å². The Morgan fingerprint density at radius 3 is 3.06 bits per heavy atom. The summed E-state index contributed by atoms with van der Waals surface area (Å²) in [6, 6.07) is 5.20. The Bertz CT molecular complexity index is 356. The Kier molecular flexibility index (Phi) is 3.48. The first kappa shape index (κ1) is 11.0. The first-order valence-corrected chi connectivity index (χ1v) is 5.35. The molecule has 0 aromatic carbocycles. The maximum atomic E-state index is 11.6. The van der Waals surface area contributed by atoms with Crippen molar-refractivity contribution in [2.45, 2.75) is 6.10 Å². The van der Waals surface area contributed by atoms with Gasteiger partial charge in [0.1, 0.15) is 5.69 Å². The number of amides is 1. The van der Waals surface area contributed by atoms with Crippen molar-refractivity contribution in [3.8, 4) is 0 Å². The number of nitrogens with one attached hydrogen (secondary N) is 2. The molecule has 1 aromatic heterocycles. The third kappa shape index (κ3) is 2.56. The van der Waals surface area contributed by atoms with Crippen molar-refractivity contribution in [1.82, 2.24) is 15.6 Å². The van der Waals surface area contributed by atoms with E-state index >= 15 is 0 Å². The van der Waals surface area contributed by atoms with Gasteiger partial charge in [0.05, 0.1) is 6.10 Å². The van der Waals surface area contributed by atoms with Crippen molar-refractivity contribution in [2.24, 2.45) is 5.92 Å². The summed E-state index contributed by atoms with van der Waals surface area (Å²) in [7, 11) is 0. The van der Waals surface area contributed by atoms with Gasteiger partial charge in [0.15, 0.2) is 0 Å². The monoisotopic (exact) mass is 221 g/mol. The van der Waals surface area contributed by atoms with Gasteiger partial charge in [-0.25, -0.2) is 0 Å². The molecule has 5 nitrogen and oxygen atoms in total. The fraction of sp³-hybridized carbons (Fsp3) is 0.455. The molecule has 1 saturated heterocycles. The molecule has 1 fully saturated rings. The van der Waals surface area contributed by atoms with Gasteiger partial charge in [-0.1, -0.05) is 6.07 Å². The van der Waals surface area contributed by atoms with Crippen molar-refractivity contribution in [3.63, 3.8) is 0 Å². The molecule has 2 heterocycles. The Labute approximate surface area is 93.9 Å². The molecule has 0 saturated carbocycles. The van der Waals surface area contributed by atoms with E-state index in [1.807, 2.05) is 0 Å². The summed E-state index contributed by atoms with van der Waals surface area (Å²) in [6.45, 7) is 1.82. The third-order valence-corrected chi connectivity index (χ3v) is 2.73. The lowest BCUT2D eigenvalue weighted by Gasteiger charge is -2.13. The van der Waals surface area contributed by atoms with Crippen LogP contribution in [0.2, 0.25) is 0 Å². The van der Waals surface area contributed by atoms with Crippen LogP contribution in [0.1, 0.15) is 10.5 Å². The number of carbonyl (C=O) groups is 1. The number of aliphatic hydroxyl groups excluding tert-OH is 1. The molecule has 2 unspecified atom stereocenters. The fourth-order valence-corrected chi connectivity index (χ4v) is 1.74. The fourth-order valence-electron chi connectivity index (χ4n) is 1.74. The molecular formula is C11H15N3O2. The maximum absolute atomic E-state index is 11.6. The molecule has 2 atom stereocenters. The Morgan fingerprint density at radius 2 is 2.44 bits per heavy atom. The van der Waals surface area contributed by atoms with E-state index in [1.165, 1.54) is 0 Å². The van der Waals surface area contributed by atoms with Crippen LogP contribution in [-0.4, -0.2) is 41.7 Å². The quantitative estimate of drug-likeness (QED) is 0.636. The van der Waals surface area contributed by atoms with Gasteiger partial charge < -0.3 is 15.7 Å². The second-order valence-corrected chi connectivity index (χ2v) is 3.91. The molecule has 0 bridgehead atoms. The van der Waals surface area contributed by atoms with Crippen LogP contribution in [0.15, 0.2) is 24.4 Å². The SMILES string of the molecule is O=C(NCC1CNCC1O)c1ccccn1. The van der Waals surface area contributed by atoms with Crippen molar-refractivity contribution >= 4 is 5.91 Å². The summed E-state index contributed by atoms with van der Waals surface area (Å²) in [5.41, 5.74) is 0.406. The molecule has 1 aromatic rings. The van der Waals surface area contributed by atoms with Crippen molar-refractivity contribution in [2.75, 3.05) is 19.6 Å². The molecule has 0 radical (unpaired) electrons. The number of carbonyl (C=O) groups excluding carboxylic acids is 1. The second-order valence-electron chi connectivity index (χ2n) is 3.91. The van der Waals surface area contributed by atoms with Gasteiger partial charge in [-0.05, 0) is 12.1 Å². The van der Waals surface area contributed by atoms with Crippen LogP contribution >= 0.6 is 0 Å². The van der Waals surface area contributed by atoms with E-state index in [9.17, 15) is 9.90 Å². The number of aliphatic hydroxyl groups is 1. The van der Waals surface area contributed by atoms with Gasteiger partial charge in [0.25, 0.3) is 5.91 Å². The molecule has 1 aliphatic rings. The van der Waals surface area contributed by atoms with Gasteiger partial charge in [-0.2, -0.15) is 0 Å². The zero-order chi connectivity index (χ0) is 11.4. The summed E-state index contributed by atoms with van der Waals surface area (Å²) in [6.07, 6.45) is 1.21. The highest BCUT2D eigenvalue weighted by Crippen LogP contribution is 2.07. The van der Waals surface area contributed by atoms with Crippen molar-refractivity contribution in [3.05, 3.63) is 30.1 Å². The van der Waals surface area contributed by atoms with E-state index < -0.39 is 0 Å². The summed E-state index contributed by atoms with van der Waals surface area (Å²) in [4.78, 5) is 15.6. The summed E-state index contributed by atoms with van der Waals surface area (Å²) < 4.78 is 0. The number of nitrogens with zero attached hydrogens (tertiary/aromatic N) is 1. The summed E-state index contributed by atoms with van der Waals surface area (Å²) in [5.74, 6) is -0.104. The molecule has 1 amide bonds. The molecular weight excluding hydrogens is 206 g/mol. The highest BCUT2D eigenvalue weighted by atomic mass is 16.3. The number of β-amino-alcohol motifs (C(OH)–C–C–N with tert-alkyl or cyclic N) is 1. The first-order valence-electron chi connectivity index (χ1n) is 5.35. The number of pyridine rings is 1. The third-order valence-electron chi connectivity index (χ3n) is 2.73. The smallest absolute Gasteiger partial charge is 0.269 e. The normalized spacial score (nSPS) is 24.3. The number of hydrogen-bond donors (Lipinski definition) is 3. The summed E-state index contributed by atoms with van der Waals surface area (Å²) >= 11 is 0. The van der Waals surface area contributed by atoms with Gasteiger partial charge in [-0.15, -0.1) is 0 Å². The van der Waals surface area contributed by atoms with Crippen LogP contribution in [0, 0.1) is 5.92 Å². The lowest BCUT2D eigenvalue weighted by atomic mass is 10.1. The van der Waals surface area contributed by atoms with Crippen LogP contribution in [0.5, 0.6) is 0 Å². The minimum Gasteiger partial charge on any atom is -0.391 e. The number of rotatable bonds is 3. The molecule has 1 aliphatic heterocycles. The van der Waals surface area contributed by atoms with Crippen LogP contribution in [0.25, 0.3) is 0 Å². The van der Waals surface area contributed by atoms with E-state index in [-0.39, 0.29) is 17.9 Å². The Hall–Kier alpha value is -1.46. The Balaban J connectivity index is 1.84. The van der Waals surface area contributed by atoms with E-state index in [0.717, 1.165) is 6.54 Å². The van der Waals surface area contributed by atoms with Gasteiger partial charge in [0.2, 0.25) is 0 Å². The lowest BCUT2D eigenvalue weighted by Crippen LogP contribution is -2.34. The van der Waals surface area contributed by atoms with E-state index in [0.29, 0.717) is 18.8 Å². The zero-order valence-electron chi connectivity index (χ0n) is 8.89. The molecule has 3 N–H and O–H groups in total. The van der Waals surface area contributed by atoms with E-state index in [4.69, 9.17) is 0 Å². The van der Waals surface area contributed by atoms with Crippen LogP contribution in [-0.2, 0) is 0 Å². The van der Waals surface area contributed by atoms with Crippen LogP contribution < -0.4 is 10.6 Å². The minimum atomic E-state index is -0.371. The Morgan fingerprint density at radius 1 is 1.56 bits per heavy atom. The average molecular weight is 221 g/mol. The molecule has 16 heavy (non-hydrogen) atoms. The number of aromatic nitrogens is 1. The van der Waals surface area contributed by atoms with E-state index in [1.54, 1.807) is 24.4 Å².